The molecule has 5 heteroatoms. The molecule has 0 bridgehead atoms. The number of aromatic nitrogens is 1. The van der Waals surface area contributed by atoms with Crippen LogP contribution in [0.1, 0.15) is 33.1 Å². The van der Waals surface area contributed by atoms with Crippen LogP contribution in [0.25, 0.3) is 0 Å². The van der Waals surface area contributed by atoms with Crippen molar-refractivity contribution in [2.24, 2.45) is 0 Å². The van der Waals surface area contributed by atoms with Crippen molar-refractivity contribution in [3.63, 3.8) is 0 Å². The number of rotatable bonds is 5. The lowest BCUT2D eigenvalue weighted by Crippen LogP contribution is -2.49. The molecule has 0 spiro atoms. The molecular formula is C14H21BrN2OS. The number of halogens is 1. The summed E-state index contributed by atoms with van der Waals surface area (Å²) in [5, 5.41) is 14.8. The second-order valence-corrected chi connectivity index (χ2v) is 7.77. The Morgan fingerprint density at radius 2 is 2.37 bits per heavy atom. The summed E-state index contributed by atoms with van der Waals surface area (Å²) in [4.78, 5) is 4.41. The van der Waals surface area contributed by atoms with E-state index in [2.05, 4.69) is 40.1 Å². The van der Waals surface area contributed by atoms with E-state index in [0.29, 0.717) is 11.3 Å². The van der Waals surface area contributed by atoms with E-state index in [4.69, 9.17) is 0 Å². The fraction of sp³-hybridized carbons (Fsp3) is 0.643. The quantitative estimate of drug-likeness (QED) is 0.860. The Hall–Kier alpha value is -0.100. The number of hydrogen-bond donors (Lipinski definition) is 2. The van der Waals surface area contributed by atoms with E-state index in [1.807, 2.05) is 30.1 Å². The van der Waals surface area contributed by atoms with Gasteiger partial charge in [-0.3, -0.25) is 0 Å². The largest absolute Gasteiger partial charge is 0.394 e. The molecule has 106 valence electrons. The number of hydrogen-bond acceptors (Lipinski definition) is 4. The van der Waals surface area contributed by atoms with Gasteiger partial charge in [0, 0.05) is 27.5 Å². The molecule has 1 saturated carbocycles. The van der Waals surface area contributed by atoms with Gasteiger partial charge < -0.3 is 10.4 Å². The predicted molar refractivity (Wildman–Crippen MR) is 83.5 cm³/mol. The number of aliphatic hydroxyl groups is 1. The van der Waals surface area contributed by atoms with Gasteiger partial charge >= 0.3 is 0 Å². The van der Waals surface area contributed by atoms with Crippen LogP contribution in [0.5, 0.6) is 0 Å². The van der Waals surface area contributed by atoms with Gasteiger partial charge in [-0.15, -0.1) is 11.8 Å². The smallest absolute Gasteiger partial charge is 0.0963 e. The molecule has 3 nitrogen and oxygen atoms in total. The Kier molecular flexibility index (Phi) is 5.29. The highest BCUT2D eigenvalue weighted by Gasteiger charge is 2.39. The molecule has 19 heavy (non-hydrogen) atoms. The van der Waals surface area contributed by atoms with E-state index in [0.717, 1.165) is 28.8 Å². The lowest BCUT2D eigenvalue weighted by atomic mass is 9.98. The zero-order valence-electron chi connectivity index (χ0n) is 11.4. The van der Waals surface area contributed by atoms with E-state index in [9.17, 15) is 5.11 Å². The van der Waals surface area contributed by atoms with Crippen molar-refractivity contribution in [3.05, 3.63) is 22.8 Å². The highest BCUT2D eigenvalue weighted by atomic mass is 79.9. The fourth-order valence-electron chi connectivity index (χ4n) is 2.71. The van der Waals surface area contributed by atoms with Crippen LogP contribution in [0.3, 0.4) is 0 Å². The molecule has 0 aliphatic heterocycles. The van der Waals surface area contributed by atoms with Crippen LogP contribution >= 0.6 is 27.7 Å². The van der Waals surface area contributed by atoms with Gasteiger partial charge in [0.05, 0.1) is 11.6 Å². The van der Waals surface area contributed by atoms with Crippen molar-refractivity contribution in [2.75, 3.05) is 6.61 Å². The third-order valence-corrected chi connectivity index (χ3v) is 5.14. The molecule has 2 unspecified atom stereocenters. The monoisotopic (exact) mass is 344 g/mol. The standard InChI is InChI=1S/C14H21BrN2OS/c1-10(2)17-14(9-18)6-5-12(7-14)19-13-4-3-11(15)8-16-13/h3-4,8,10,12,17-18H,5-7,9H2,1-2H3. The van der Waals surface area contributed by atoms with Gasteiger partial charge in [0.25, 0.3) is 0 Å². The Labute approximate surface area is 127 Å². The summed E-state index contributed by atoms with van der Waals surface area (Å²) < 4.78 is 1.01. The molecule has 2 atom stereocenters. The third-order valence-electron chi connectivity index (χ3n) is 3.45. The molecule has 2 N–H and O–H groups in total. The Morgan fingerprint density at radius 3 is 2.95 bits per heavy atom. The van der Waals surface area contributed by atoms with Crippen molar-refractivity contribution in [1.82, 2.24) is 10.3 Å². The van der Waals surface area contributed by atoms with Gasteiger partial charge in [0.2, 0.25) is 0 Å². The molecule has 1 heterocycles. The van der Waals surface area contributed by atoms with Crippen molar-refractivity contribution >= 4 is 27.7 Å². The van der Waals surface area contributed by atoms with E-state index < -0.39 is 0 Å². The van der Waals surface area contributed by atoms with Gasteiger partial charge in [0.15, 0.2) is 0 Å². The third kappa shape index (κ3) is 4.18. The number of nitrogens with one attached hydrogen (secondary N) is 1. The molecule has 1 aliphatic rings. The summed E-state index contributed by atoms with van der Waals surface area (Å²) in [6, 6.07) is 4.47. The van der Waals surface area contributed by atoms with Crippen LogP contribution in [0, 0.1) is 0 Å². The van der Waals surface area contributed by atoms with Gasteiger partial charge in [-0.1, -0.05) is 13.8 Å². The molecule has 2 rings (SSSR count). The van der Waals surface area contributed by atoms with Crippen LogP contribution in [-0.4, -0.2) is 33.5 Å². The van der Waals surface area contributed by atoms with Gasteiger partial charge in [-0.05, 0) is 47.3 Å². The minimum atomic E-state index is -0.0960. The number of aliphatic hydroxyl groups excluding tert-OH is 1. The molecule has 0 radical (unpaired) electrons. The minimum Gasteiger partial charge on any atom is -0.394 e. The first kappa shape index (κ1) is 15.3. The molecule has 0 aromatic carbocycles. The highest BCUT2D eigenvalue weighted by Crippen LogP contribution is 2.39. The summed E-state index contributed by atoms with van der Waals surface area (Å²) in [6.07, 6.45) is 5.01. The first-order valence-corrected chi connectivity index (χ1v) is 8.37. The van der Waals surface area contributed by atoms with Crippen molar-refractivity contribution < 1.29 is 5.11 Å². The van der Waals surface area contributed by atoms with Crippen molar-refractivity contribution in [3.8, 4) is 0 Å². The first-order chi connectivity index (χ1) is 9.03. The van der Waals surface area contributed by atoms with Crippen molar-refractivity contribution in [2.45, 2.75) is 55.0 Å². The Morgan fingerprint density at radius 1 is 1.58 bits per heavy atom. The predicted octanol–water partition coefficient (Wildman–Crippen LogP) is 3.22. The van der Waals surface area contributed by atoms with E-state index in [-0.39, 0.29) is 12.1 Å². The maximum absolute atomic E-state index is 9.69. The average Bonchev–Trinajstić information content (AvgIpc) is 2.75. The molecule has 1 aromatic rings. The van der Waals surface area contributed by atoms with Gasteiger partial charge in [-0.2, -0.15) is 0 Å². The molecule has 1 fully saturated rings. The SMILES string of the molecule is CC(C)NC1(CO)CCC(Sc2ccc(Br)cn2)C1. The fourth-order valence-corrected chi connectivity index (χ4v) is 4.19. The summed E-state index contributed by atoms with van der Waals surface area (Å²) in [6.45, 7) is 4.48. The van der Waals surface area contributed by atoms with E-state index in [1.54, 1.807) is 0 Å². The zero-order valence-corrected chi connectivity index (χ0v) is 13.8. The Balaban J connectivity index is 1.95. The van der Waals surface area contributed by atoms with Crippen LogP contribution in [0.4, 0.5) is 0 Å². The lowest BCUT2D eigenvalue weighted by Gasteiger charge is -2.31. The van der Waals surface area contributed by atoms with Crippen LogP contribution in [0.15, 0.2) is 27.8 Å². The van der Waals surface area contributed by atoms with E-state index in [1.165, 1.54) is 0 Å². The second-order valence-electron chi connectivity index (χ2n) is 5.53. The molecule has 0 amide bonds. The first-order valence-electron chi connectivity index (χ1n) is 6.70. The minimum absolute atomic E-state index is 0.0960. The highest BCUT2D eigenvalue weighted by molar-refractivity contribution is 9.10. The molecule has 1 aliphatic carbocycles. The lowest BCUT2D eigenvalue weighted by molar-refractivity contribution is 0.156. The molecule has 0 saturated heterocycles. The molecular weight excluding hydrogens is 324 g/mol. The maximum atomic E-state index is 9.69. The number of thioether (sulfide) groups is 1. The second kappa shape index (κ2) is 6.57. The summed E-state index contributed by atoms with van der Waals surface area (Å²) in [5.41, 5.74) is -0.0960. The zero-order chi connectivity index (χ0) is 13.9. The van der Waals surface area contributed by atoms with Crippen molar-refractivity contribution in [1.29, 1.82) is 0 Å². The average molecular weight is 345 g/mol. The summed E-state index contributed by atoms with van der Waals surface area (Å²) in [5.74, 6) is 0. The topological polar surface area (TPSA) is 45.1 Å². The molecule has 1 aromatic heterocycles. The normalized spacial score (nSPS) is 27.1. The van der Waals surface area contributed by atoms with E-state index >= 15 is 0 Å². The van der Waals surface area contributed by atoms with Crippen LogP contribution in [0.2, 0.25) is 0 Å². The Bertz CT molecular complexity index is 412. The van der Waals surface area contributed by atoms with Crippen LogP contribution in [-0.2, 0) is 0 Å². The van der Waals surface area contributed by atoms with Crippen LogP contribution < -0.4 is 5.32 Å². The number of nitrogens with zero attached hydrogens (tertiary/aromatic N) is 1. The summed E-state index contributed by atoms with van der Waals surface area (Å²) >= 11 is 5.22. The summed E-state index contributed by atoms with van der Waals surface area (Å²) in [7, 11) is 0. The number of pyridine rings is 1. The maximum Gasteiger partial charge on any atom is 0.0963 e. The van der Waals surface area contributed by atoms with Gasteiger partial charge in [0.1, 0.15) is 0 Å². The van der Waals surface area contributed by atoms with Gasteiger partial charge in [-0.25, -0.2) is 4.98 Å².